The first-order valence-corrected chi connectivity index (χ1v) is 12.1. The van der Waals surface area contributed by atoms with Crippen molar-refractivity contribution in [3.63, 3.8) is 0 Å². The molecule has 0 saturated heterocycles. The molecule has 1 fully saturated rings. The number of phenolic OH excluding ortho intramolecular Hbond substituents is 2. The van der Waals surface area contributed by atoms with Gasteiger partial charge in [0.1, 0.15) is 22.8 Å². The number of hydrogen-bond donors (Lipinski definition) is 2. The van der Waals surface area contributed by atoms with E-state index in [0.717, 1.165) is 31.4 Å². The Morgan fingerprint density at radius 3 is 2.58 bits per heavy atom. The molecule has 0 atom stereocenters. The van der Waals surface area contributed by atoms with Crippen molar-refractivity contribution in [3.05, 3.63) is 52.1 Å². The number of benzene rings is 2. The highest BCUT2D eigenvalue weighted by molar-refractivity contribution is 6.00. The normalized spacial score (nSPS) is 16.7. The summed E-state index contributed by atoms with van der Waals surface area (Å²) < 4.78 is 6.13. The third kappa shape index (κ3) is 5.27. The SMILES string of the molecule is Cc1c(O)cc(O)c(C(=O)N2CCc3cc(CN(C)C)ccc3C2)c1OCC1CCCCC1. The molecular weight excluding hydrogens is 416 g/mol. The molecule has 0 bridgehead atoms. The van der Waals surface area contributed by atoms with Crippen LogP contribution >= 0.6 is 0 Å². The lowest BCUT2D eigenvalue weighted by Gasteiger charge is -2.31. The minimum absolute atomic E-state index is 0.0555. The monoisotopic (exact) mass is 452 g/mol. The molecule has 1 saturated carbocycles. The Bertz CT molecular complexity index is 1010. The van der Waals surface area contributed by atoms with Crippen molar-refractivity contribution in [3.8, 4) is 17.2 Å². The van der Waals surface area contributed by atoms with Crippen molar-refractivity contribution in [1.82, 2.24) is 9.80 Å². The molecule has 2 N–H and O–H groups in total. The number of aromatic hydroxyl groups is 2. The summed E-state index contributed by atoms with van der Waals surface area (Å²) in [6.45, 7) is 4.20. The molecule has 4 rings (SSSR count). The van der Waals surface area contributed by atoms with Gasteiger partial charge in [0, 0.05) is 31.3 Å². The van der Waals surface area contributed by atoms with Gasteiger partial charge in [-0.1, -0.05) is 37.5 Å². The molecule has 6 heteroatoms. The molecule has 1 amide bonds. The van der Waals surface area contributed by atoms with Crippen molar-refractivity contribution in [2.75, 3.05) is 27.2 Å². The number of nitrogens with zero attached hydrogens (tertiary/aromatic N) is 2. The average molecular weight is 453 g/mol. The third-order valence-corrected chi connectivity index (χ3v) is 6.95. The topological polar surface area (TPSA) is 73.2 Å². The summed E-state index contributed by atoms with van der Waals surface area (Å²) in [4.78, 5) is 17.5. The van der Waals surface area contributed by atoms with Crippen molar-refractivity contribution < 1.29 is 19.7 Å². The van der Waals surface area contributed by atoms with Crippen LogP contribution in [-0.2, 0) is 19.5 Å². The summed E-state index contributed by atoms with van der Waals surface area (Å²) in [7, 11) is 4.11. The van der Waals surface area contributed by atoms with Crippen LogP contribution in [0.4, 0.5) is 0 Å². The van der Waals surface area contributed by atoms with E-state index in [0.29, 0.717) is 36.9 Å². The van der Waals surface area contributed by atoms with Crippen molar-refractivity contribution in [2.45, 2.75) is 58.5 Å². The van der Waals surface area contributed by atoms with Gasteiger partial charge in [-0.25, -0.2) is 0 Å². The van der Waals surface area contributed by atoms with E-state index in [-0.39, 0.29) is 23.0 Å². The van der Waals surface area contributed by atoms with Gasteiger partial charge in [-0.05, 0) is 62.9 Å². The highest BCUT2D eigenvalue weighted by Crippen LogP contribution is 2.40. The lowest BCUT2D eigenvalue weighted by molar-refractivity contribution is 0.0725. The molecular formula is C27H36N2O4. The largest absolute Gasteiger partial charge is 0.507 e. The number of carbonyl (C=O) groups excluding carboxylic acids is 1. The minimum atomic E-state index is -0.253. The van der Waals surface area contributed by atoms with Crippen LogP contribution < -0.4 is 4.74 Å². The maximum atomic E-state index is 13.6. The number of rotatable bonds is 6. The smallest absolute Gasteiger partial charge is 0.261 e. The maximum Gasteiger partial charge on any atom is 0.261 e. The van der Waals surface area contributed by atoms with E-state index in [1.165, 1.54) is 36.5 Å². The zero-order valence-corrected chi connectivity index (χ0v) is 20.1. The molecule has 0 unspecified atom stereocenters. The first-order chi connectivity index (χ1) is 15.8. The summed E-state index contributed by atoms with van der Waals surface area (Å²) in [5, 5.41) is 20.9. The van der Waals surface area contributed by atoms with Gasteiger partial charge in [0.2, 0.25) is 0 Å². The Labute approximate surface area is 196 Å². The van der Waals surface area contributed by atoms with Crippen LogP contribution in [0.1, 0.15) is 64.7 Å². The number of hydrogen-bond acceptors (Lipinski definition) is 5. The Morgan fingerprint density at radius 1 is 1.09 bits per heavy atom. The Balaban J connectivity index is 1.55. The fraction of sp³-hybridized carbons (Fsp3) is 0.519. The van der Waals surface area contributed by atoms with Gasteiger partial charge in [0.15, 0.2) is 0 Å². The van der Waals surface area contributed by atoms with Crippen LogP contribution in [0.25, 0.3) is 0 Å². The third-order valence-electron chi connectivity index (χ3n) is 6.95. The summed E-state index contributed by atoms with van der Waals surface area (Å²) >= 11 is 0. The highest BCUT2D eigenvalue weighted by atomic mass is 16.5. The summed E-state index contributed by atoms with van der Waals surface area (Å²) in [6.07, 6.45) is 6.68. The van der Waals surface area contributed by atoms with Crippen molar-refractivity contribution in [2.24, 2.45) is 5.92 Å². The molecule has 33 heavy (non-hydrogen) atoms. The molecule has 1 heterocycles. The van der Waals surface area contributed by atoms with Crippen LogP contribution in [0.15, 0.2) is 24.3 Å². The molecule has 6 nitrogen and oxygen atoms in total. The van der Waals surface area contributed by atoms with E-state index in [1.54, 1.807) is 11.8 Å². The molecule has 0 spiro atoms. The van der Waals surface area contributed by atoms with Crippen LogP contribution in [0, 0.1) is 12.8 Å². The van der Waals surface area contributed by atoms with E-state index in [2.05, 4.69) is 37.2 Å². The van der Waals surface area contributed by atoms with Crippen molar-refractivity contribution in [1.29, 1.82) is 0 Å². The van der Waals surface area contributed by atoms with Crippen LogP contribution in [-0.4, -0.2) is 53.2 Å². The van der Waals surface area contributed by atoms with E-state index in [1.807, 2.05) is 0 Å². The minimum Gasteiger partial charge on any atom is -0.507 e. The van der Waals surface area contributed by atoms with Crippen LogP contribution in [0.5, 0.6) is 17.2 Å². The number of amides is 1. The standard InChI is InChI=1S/C27H36N2O4/c1-18-23(30)14-24(31)25(26(18)33-17-19-7-5-4-6-8-19)27(32)29-12-11-21-13-20(15-28(2)3)9-10-22(21)16-29/h9-10,13-14,19,30-31H,4-8,11-12,15-17H2,1-3H3. The zero-order valence-electron chi connectivity index (χ0n) is 20.1. The van der Waals surface area contributed by atoms with E-state index >= 15 is 0 Å². The second kappa shape index (κ2) is 10.0. The number of ether oxygens (including phenoxy) is 1. The number of carbonyl (C=O) groups is 1. The molecule has 0 aromatic heterocycles. The maximum absolute atomic E-state index is 13.6. The van der Waals surface area contributed by atoms with Crippen molar-refractivity contribution >= 4 is 5.91 Å². The summed E-state index contributed by atoms with van der Waals surface area (Å²) in [5.74, 6) is 0.227. The predicted molar refractivity (Wildman–Crippen MR) is 129 cm³/mol. The summed E-state index contributed by atoms with van der Waals surface area (Å²) in [5.41, 5.74) is 4.34. The number of phenols is 2. The molecule has 1 aliphatic carbocycles. The quantitative estimate of drug-likeness (QED) is 0.669. The van der Waals surface area contributed by atoms with Crippen LogP contribution in [0.3, 0.4) is 0 Å². The number of fused-ring (bicyclic) bond motifs is 1. The molecule has 2 aromatic carbocycles. The van der Waals surface area contributed by atoms with Gasteiger partial charge in [-0.3, -0.25) is 4.79 Å². The average Bonchev–Trinajstić information content (AvgIpc) is 2.80. The van der Waals surface area contributed by atoms with E-state index in [4.69, 9.17) is 4.74 Å². The van der Waals surface area contributed by atoms with Gasteiger partial charge in [0.05, 0.1) is 6.61 Å². The fourth-order valence-corrected chi connectivity index (χ4v) is 5.07. The first-order valence-electron chi connectivity index (χ1n) is 12.1. The lowest BCUT2D eigenvalue weighted by atomic mass is 9.90. The van der Waals surface area contributed by atoms with Gasteiger partial charge in [0.25, 0.3) is 5.91 Å². The molecule has 1 aliphatic heterocycles. The van der Waals surface area contributed by atoms with E-state index < -0.39 is 0 Å². The zero-order chi connectivity index (χ0) is 23.5. The predicted octanol–water partition coefficient (Wildman–Crippen LogP) is 4.63. The summed E-state index contributed by atoms with van der Waals surface area (Å²) in [6, 6.07) is 7.71. The molecule has 0 radical (unpaired) electrons. The Hall–Kier alpha value is -2.73. The van der Waals surface area contributed by atoms with Gasteiger partial charge < -0.3 is 24.7 Å². The molecule has 178 valence electrons. The molecule has 2 aliphatic rings. The Morgan fingerprint density at radius 2 is 1.85 bits per heavy atom. The van der Waals surface area contributed by atoms with Gasteiger partial charge >= 0.3 is 0 Å². The highest BCUT2D eigenvalue weighted by Gasteiger charge is 2.29. The Kier molecular flexibility index (Phi) is 7.13. The van der Waals surface area contributed by atoms with Crippen LogP contribution in [0.2, 0.25) is 0 Å². The first kappa shape index (κ1) is 23.4. The second-order valence-corrected chi connectivity index (χ2v) is 9.88. The lowest BCUT2D eigenvalue weighted by Crippen LogP contribution is -2.36. The molecule has 2 aromatic rings. The fourth-order valence-electron chi connectivity index (χ4n) is 5.07. The van der Waals surface area contributed by atoms with Gasteiger partial charge in [-0.2, -0.15) is 0 Å². The second-order valence-electron chi connectivity index (χ2n) is 9.88. The van der Waals surface area contributed by atoms with Gasteiger partial charge in [-0.15, -0.1) is 0 Å². The van der Waals surface area contributed by atoms with E-state index in [9.17, 15) is 15.0 Å².